The Bertz CT molecular complexity index is 567. The van der Waals surface area contributed by atoms with Crippen molar-refractivity contribution in [2.45, 2.75) is 20.4 Å². The van der Waals surface area contributed by atoms with Gasteiger partial charge in [0.25, 0.3) is 0 Å². The molecule has 3 rings (SSSR count). The SMILES string of the molecule is Cc1cc2ncn(CCN3CCNCC3)c2cc1C. The summed E-state index contributed by atoms with van der Waals surface area (Å²) >= 11 is 0. The maximum absolute atomic E-state index is 4.52. The minimum atomic E-state index is 1.03. The summed E-state index contributed by atoms with van der Waals surface area (Å²) in [7, 11) is 0. The molecule has 1 N–H and O–H groups in total. The van der Waals surface area contributed by atoms with E-state index in [0.29, 0.717) is 0 Å². The van der Waals surface area contributed by atoms with Gasteiger partial charge in [-0.1, -0.05) is 0 Å². The maximum atomic E-state index is 4.52. The fourth-order valence-electron chi connectivity index (χ4n) is 2.68. The Kier molecular flexibility index (Phi) is 3.53. The average molecular weight is 258 g/mol. The zero-order valence-corrected chi connectivity index (χ0v) is 11.8. The third-order valence-corrected chi connectivity index (χ3v) is 4.10. The second-order valence-electron chi connectivity index (χ2n) is 5.45. The van der Waals surface area contributed by atoms with Crippen molar-refractivity contribution in [1.29, 1.82) is 0 Å². The van der Waals surface area contributed by atoms with Crippen molar-refractivity contribution in [2.75, 3.05) is 32.7 Å². The Morgan fingerprint density at radius 2 is 1.84 bits per heavy atom. The lowest BCUT2D eigenvalue weighted by Gasteiger charge is -2.27. The molecule has 1 saturated heterocycles. The summed E-state index contributed by atoms with van der Waals surface area (Å²) in [6.45, 7) is 11.0. The molecule has 1 aliphatic rings. The zero-order valence-electron chi connectivity index (χ0n) is 11.8. The second-order valence-corrected chi connectivity index (χ2v) is 5.45. The van der Waals surface area contributed by atoms with Crippen molar-refractivity contribution in [3.63, 3.8) is 0 Å². The normalized spacial score (nSPS) is 17.2. The molecule has 1 aromatic carbocycles. The Balaban J connectivity index is 1.75. The van der Waals surface area contributed by atoms with Crippen molar-refractivity contribution in [1.82, 2.24) is 19.8 Å². The fraction of sp³-hybridized carbons (Fsp3) is 0.533. The standard InChI is InChI=1S/C15H22N4/c1-12-9-14-15(10-13(12)2)19(11-17-14)8-7-18-5-3-16-4-6-18/h9-11,16H,3-8H2,1-2H3. The molecular formula is C15H22N4. The highest BCUT2D eigenvalue weighted by Crippen LogP contribution is 2.18. The van der Waals surface area contributed by atoms with Gasteiger partial charge in [0.15, 0.2) is 0 Å². The van der Waals surface area contributed by atoms with Crippen LogP contribution >= 0.6 is 0 Å². The molecule has 0 saturated carbocycles. The number of benzene rings is 1. The van der Waals surface area contributed by atoms with Gasteiger partial charge in [-0.25, -0.2) is 4.98 Å². The lowest BCUT2D eigenvalue weighted by Crippen LogP contribution is -2.44. The first-order valence-electron chi connectivity index (χ1n) is 7.09. The molecule has 2 heterocycles. The first-order valence-corrected chi connectivity index (χ1v) is 7.09. The van der Waals surface area contributed by atoms with Gasteiger partial charge in [0.1, 0.15) is 0 Å². The van der Waals surface area contributed by atoms with E-state index in [2.05, 4.69) is 45.7 Å². The summed E-state index contributed by atoms with van der Waals surface area (Å²) < 4.78 is 2.28. The Morgan fingerprint density at radius 1 is 1.11 bits per heavy atom. The first kappa shape index (κ1) is 12.6. The summed E-state index contributed by atoms with van der Waals surface area (Å²) in [4.78, 5) is 7.03. The molecule has 1 aliphatic heterocycles. The molecule has 0 unspecified atom stereocenters. The Morgan fingerprint density at radius 3 is 2.63 bits per heavy atom. The number of nitrogens with one attached hydrogen (secondary N) is 1. The van der Waals surface area contributed by atoms with E-state index in [-0.39, 0.29) is 0 Å². The molecule has 0 amide bonds. The summed E-state index contributed by atoms with van der Waals surface area (Å²) in [6.07, 6.45) is 1.98. The van der Waals surface area contributed by atoms with Crippen molar-refractivity contribution in [3.05, 3.63) is 29.6 Å². The minimum absolute atomic E-state index is 1.03. The van der Waals surface area contributed by atoms with Crippen molar-refractivity contribution in [2.24, 2.45) is 0 Å². The largest absolute Gasteiger partial charge is 0.329 e. The van der Waals surface area contributed by atoms with E-state index in [1.165, 1.54) is 16.6 Å². The van der Waals surface area contributed by atoms with E-state index < -0.39 is 0 Å². The van der Waals surface area contributed by atoms with Crippen LogP contribution in [0.3, 0.4) is 0 Å². The highest BCUT2D eigenvalue weighted by Gasteiger charge is 2.10. The van der Waals surface area contributed by atoms with Gasteiger partial charge in [0.05, 0.1) is 17.4 Å². The third-order valence-electron chi connectivity index (χ3n) is 4.10. The van der Waals surface area contributed by atoms with Crippen LogP contribution in [0.15, 0.2) is 18.5 Å². The summed E-state index contributed by atoms with van der Waals surface area (Å²) in [5.41, 5.74) is 5.04. The van der Waals surface area contributed by atoms with Crippen LogP contribution in [-0.4, -0.2) is 47.2 Å². The van der Waals surface area contributed by atoms with Gasteiger partial charge < -0.3 is 9.88 Å². The number of aryl methyl sites for hydroxylation is 2. The monoisotopic (exact) mass is 258 g/mol. The van der Waals surface area contributed by atoms with Crippen LogP contribution in [0.4, 0.5) is 0 Å². The van der Waals surface area contributed by atoms with Crippen molar-refractivity contribution >= 4 is 11.0 Å². The molecule has 1 fully saturated rings. The van der Waals surface area contributed by atoms with Crippen LogP contribution in [0.1, 0.15) is 11.1 Å². The molecule has 0 radical (unpaired) electrons. The molecule has 0 aliphatic carbocycles. The molecule has 0 bridgehead atoms. The van der Waals surface area contributed by atoms with Gasteiger partial charge in [-0.3, -0.25) is 4.90 Å². The average Bonchev–Trinajstić information content (AvgIpc) is 2.80. The Labute approximate surface area is 114 Å². The highest BCUT2D eigenvalue weighted by molar-refractivity contribution is 5.77. The topological polar surface area (TPSA) is 33.1 Å². The number of hydrogen-bond donors (Lipinski definition) is 1. The van der Waals surface area contributed by atoms with Crippen molar-refractivity contribution < 1.29 is 0 Å². The van der Waals surface area contributed by atoms with E-state index >= 15 is 0 Å². The smallest absolute Gasteiger partial charge is 0.0958 e. The van der Waals surface area contributed by atoms with Crippen LogP contribution in [0.25, 0.3) is 11.0 Å². The molecule has 0 spiro atoms. The van der Waals surface area contributed by atoms with Gasteiger partial charge in [-0.15, -0.1) is 0 Å². The van der Waals surface area contributed by atoms with Gasteiger partial charge >= 0.3 is 0 Å². The van der Waals surface area contributed by atoms with Gasteiger partial charge in [-0.2, -0.15) is 0 Å². The summed E-state index contributed by atoms with van der Waals surface area (Å²) in [5.74, 6) is 0. The van der Waals surface area contributed by atoms with Crippen LogP contribution in [0.5, 0.6) is 0 Å². The number of hydrogen-bond acceptors (Lipinski definition) is 3. The van der Waals surface area contributed by atoms with Crippen LogP contribution in [0.2, 0.25) is 0 Å². The van der Waals surface area contributed by atoms with Gasteiger partial charge in [0, 0.05) is 39.3 Å². The highest BCUT2D eigenvalue weighted by atomic mass is 15.2. The number of nitrogens with zero attached hydrogens (tertiary/aromatic N) is 3. The van der Waals surface area contributed by atoms with E-state index in [4.69, 9.17) is 0 Å². The summed E-state index contributed by atoms with van der Waals surface area (Å²) in [5, 5.41) is 3.39. The molecule has 4 heteroatoms. The second kappa shape index (κ2) is 5.31. The number of aromatic nitrogens is 2. The quantitative estimate of drug-likeness (QED) is 0.907. The van der Waals surface area contributed by atoms with Gasteiger partial charge in [-0.05, 0) is 37.1 Å². The zero-order chi connectivity index (χ0) is 13.2. The molecule has 102 valence electrons. The lowest BCUT2D eigenvalue weighted by atomic mass is 10.1. The number of rotatable bonds is 3. The lowest BCUT2D eigenvalue weighted by molar-refractivity contribution is 0.233. The molecule has 2 aromatic rings. The number of fused-ring (bicyclic) bond motifs is 1. The maximum Gasteiger partial charge on any atom is 0.0958 e. The fourth-order valence-corrected chi connectivity index (χ4v) is 2.68. The van der Waals surface area contributed by atoms with Crippen LogP contribution in [0, 0.1) is 13.8 Å². The van der Waals surface area contributed by atoms with E-state index in [9.17, 15) is 0 Å². The van der Waals surface area contributed by atoms with Crippen LogP contribution < -0.4 is 5.32 Å². The minimum Gasteiger partial charge on any atom is -0.329 e. The molecular weight excluding hydrogens is 236 g/mol. The predicted octanol–water partition coefficient (Wildman–Crippen LogP) is 1.56. The molecule has 0 atom stereocenters. The number of piperazine rings is 1. The Hall–Kier alpha value is -1.39. The predicted molar refractivity (Wildman–Crippen MR) is 78.5 cm³/mol. The van der Waals surface area contributed by atoms with E-state index in [1.54, 1.807) is 0 Å². The summed E-state index contributed by atoms with van der Waals surface area (Å²) in [6, 6.07) is 4.45. The van der Waals surface area contributed by atoms with E-state index in [0.717, 1.165) is 44.8 Å². The van der Waals surface area contributed by atoms with Crippen LogP contribution in [-0.2, 0) is 6.54 Å². The van der Waals surface area contributed by atoms with Crippen molar-refractivity contribution in [3.8, 4) is 0 Å². The van der Waals surface area contributed by atoms with Gasteiger partial charge in [0.2, 0.25) is 0 Å². The molecule has 1 aromatic heterocycles. The third kappa shape index (κ3) is 2.65. The first-order chi connectivity index (χ1) is 9.24. The van der Waals surface area contributed by atoms with E-state index in [1.807, 2.05) is 6.33 Å². The number of imidazole rings is 1. The molecule has 19 heavy (non-hydrogen) atoms. The molecule has 4 nitrogen and oxygen atoms in total.